The fraction of sp³-hybridized carbons (Fsp3) is 0.524. The molecule has 0 aliphatic carbocycles. The first-order chi connectivity index (χ1) is 14.9. The summed E-state index contributed by atoms with van der Waals surface area (Å²) in [4.78, 5) is 15.5. The summed E-state index contributed by atoms with van der Waals surface area (Å²) in [5, 5.41) is 7.73. The third-order valence-corrected chi connectivity index (χ3v) is 7.15. The number of nitrogens with one attached hydrogen (secondary N) is 1. The van der Waals surface area contributed by atoms with Crippen molar-refractivity contribution in [2.75, 3.05) is 49.3 Å². The van der Waals surface area contributed by atoms with Crippen molar-refractivity contribution in [1.82, 2.24) is 14.1 Å². The normalized spacial score (nSPS) is 21.0. The Morgan fingerprint density at radius 1 is 1.19 bits per heavy atom. The van der Waals surface area contributed by atoms with E-state index in [4.69, 9.17) is 4.74 Å². The van der Waals surface area contributed by atoms with E-state index in [0.29, 0.717) is 44.2 Å². The van der Waals surface area contributed by atoms with Gasteiger partial charge < -0.3 is 15.0 Å². The molecule has 2 aliphatic heterocycles. The first kappa shape index (κ1) is 21.8. The minimum absolute atomic E-state index is 0.0393. The van der Waals surface area contributed by atoms with Gasteiger partial charge in [-0.2, -0.15) is 14.1 Å². The van der Waals surface area contributed by atoms with E-state index in [0.717, 1.165) is 18.5 Å². The molecule has 2 atom stereocenters. The zero-order valence-corrected chi connectivity index (χ0v) is 18.7. The average Bonchev–Trinajstić information content (AvgIpc) is 3.36. The number of nitrogens with zero attached hydrogens (tertiary/aromatic N) is 4. The number of sulfonamides is 1. The second-order valence-electron chi connectivity index (χ2n) is 7.96. The maximum Gasteiger partial charge on any atom is 0.296 e. The van der Waals surface area contributed by atoms with Crippen LogP contribution in [-0.4, -0.2) is 73.7 Å². The van der Waals surface area contributed by atoms with Gasteiger partial charge in [0.15, 0.2) is 0 Å². The second kappa shape index (κ2) is 8.97. The van der Waals surface area contributed by atoms with E-state index in [9.17, 15) is 13.2 Å². The molecule has 2 aliphatic rings. The third-order valence-electron chi connectivity index (χ3n) is 5.86. The minimum atomic E-state index is -3.23. The lowest BCUT2D eigenvalue weighted by atomic mass is 10.2. The Labute approximate surface area is 182 Å². The number of aromatic nitrogens is 2. The summed E-state index contributed by atoms with van der Waals surface area (Å²) in [5.74, 6) is 0. The number of fused-ring (bicyclic) bond motifs is 2. The maximum atomic E-state index is 13.4. The minimum Gasteiger partial charge on any atom is -0.382 e. The van der Waals surface area contributed by atoms with Gasteiger partial charge in [0.05, 0.1) is 23.8 Å². The van der Waals surface area contributed by atoms with E-state index in [1.807, 2.05) is 37.3 Å². The lowest BCUT2D eigenvalue weighted by molar-refractivity contribution is 0.147. The third kappa shape index (κ3) is 4.46. The molecule has 0 radical (unpaired) electrons. The summed E-state index contributed by atoms with van der Waals surface area (Å²) >= 11 is 0. The molecule has 2 bridgehead atoms. The summed E-state index contributed by atoms with van der Waals surface area (Å²) in [5.41, 5.74) is 1.70. The van der Waals surface area contributed by atoms with E-state index in [1.165, 1.54) is 10.9 Å². The highest BCUT2D eigenvalue weighted by molar-refractivity contribution is 7.88. The first-order valence-electron chi connectivity index (χ1n) is 10.6. The highest BCUT2D eigenvalue weighted by atomic mass is 32.2. The predicted octanol–water partition coefficient (Wildman–Crippen LogP) is 1.29. The van der Waals surface area contributed by atoms with Gasteiger partial charge in [0, 0.05) is 44.9 Å². The van der Waals surface area contributed by atoms with E-state index in [-0.39, 0.29) is 17.6 Å². The van der Waals surface area contributed by atoms with Crippen LogP contribution in [0.25, 0.3) is 5.69 Å². The Morgan fingerprint density at radius 3 is 2.61 bits per heavy atom. The molecule has 3 heterocycles. The molecular formula is C21H29N5O4S. The molecule has 2 saturated heterocycles. The topological polar surface area (TPSA) is 96.8 Å². The number of rotatable bonds is 9. The molecule has 0 spiro atoms. The molecule has 1 aromatic carbocycles. The maximum absolute atomic E-state index is 13.4. The quantitative estimate of drug-likeness (QED) is 0.579. The molecule has 168 valence electrons. The van der Waals surface area contributed by atoms with E-state index in [2.05, 4.69) is 15.3 Å². The summed E-state index contributed by atoms with van der Waals surface area (Å²) in [6, 6.07) is 9.28. The van der Waals surface area contributed by atoms with E-state index >= 15 is 0 Å². The monoisotopic (exact) mass is 447 g/mol. The Kier molecular flexibility index (Phi) is 6.31. The molecule has 2 unspecified atom stereocenters. The van der Waals surface area contributed by atoms with Crippen LogP contribution in [0.4, 0.5) is 11.4 Å². The van der Waals surface area contributed by atoms with Crippen molar-refractivity contribution in [2.24, 2.45) is 0 Å². The van der Waals surface area contributed by atoms with Crippen LogP contribution in [0.5, 0.6) is 0 Å². The molecule has 1 N–H and O–H groups in total. The predicted molar refractivity (Wildman–Crippen MR) is 121 cm³/mol. The van der Waals surface area contributed by atoms with Crippen LogP contribution in [0.2, 0.25) is 0 Å². The molecule has 1 aromatic heterocycles. The zero-order valence-electron chi connectivity index (χ0n) is 17.9. The number of anilines is 2. The van der Waals surface area contributed by atoms with Crippen molar-refractivity contribution < 1.29 is 13.2 Å². The summed E-state index contributed by atoms with van der Waals surface area (Å²) in [7, 11) is -3.23. The molecule has 2 fully saturated rings. The molecular weight excluding hydrogens is 418 g/mol. The number of hydrogen-bond donors (Lipinski definition) is 1. The van der Waals surface area contributed by atoms with Crippen molar-refractivity contribution in [1.29, 1.82) is 0 Å². The van der Waals surface area contributed by atoms with Crippen molar-refractivity contribution in [3.05, 3.63) is 46.9 Å². The van der Waals surface area contributed by atoms with Gasteiger partial charge in [0.25, 0.3) is 5.56 Å². The number of para-hydroxylation sites is 1. The van der Waals surface area contributed by atoms with Crippen LogP contribution < -0.4 is 15.8 Å². The van der Waals surface area contributed by atoms with E-state index < -0.39 is 10.0 Å². The molecule has 10 heteroatoms. The van der Waals surface area contributed by atoms with Crippen molar-refractivity contribution in [2.45, 2.75) is 31.8 Å². The Hall–Kier alpha value is -2.43. The number of ether oxygens (including phenoxy) is 1. The molecule has 9 nitrogen and oxygen atoms in total. The molecule has 4 rings (SSSR count). The standard InChI is InChI=1S/C21H29N5O4S/c1-3-30-11-7-10-22-20-19(13-23-26(21(20)27)16-8-5-4-6-9-16)24-14-18-12-17(24)15-25(18)31(2,28)29/h4-6,8-9,13,17-18,22H,3,7,10-12,14-15H2,1-2H3. The second-order valence-corrected chi connectivity index (χ2v) is 9.90. The van der Waals surface area contributed by atoms with Crippen LogP contribution in [0, 0.1) is 0 Å². The van der Waals surface area contributed by atoms with Gasteiger partial charge >= 0.3 is 0 Å². The fourth-order valence-electron chi connectivity index (χ4n) is 4.45. The summed E-state index contributed by atoms with van der Waals surface area (Å²) < 4.78 is 32.4. The van der Waals surface area contributed by atoms with Gasteiger partial charge in [0.1, 0.15) is 5.69 Å². The molecule has 31 heavy (non-hydrogen) atoms. The zero-order chi connectivity index (χ0) is 22.0. The van der Waals surface area contributed by atoms with Crippen LogP contribution in [0.15, 0.2) is 41.3 Å². The number of piperazine rings is 1. The van der Waals surface area contributed by atoms with Gasteiger partial charge in [0.2, 0.25) is 10.0 Å². The molecule has 0 saturated carbocycles. The van der Waals surface area contributed by atoms with E-state index in [1.54, 1.807) is 10.5 Å². The first-order valence-corrected chi connectivity index (χ1v) is 12.5. The summed E-state index contributed by atoms with van der Waals surface area (Å²) in [6.45, 7) is 4.83. The number of hydrogen-bond acceptors (Lipinski definition) is 7. The van der Waals surface area contributed by atoms with Gasteiger partial charge in [-0.25, -0.2) is 8.42 Å². The van der Waals surface area contributed by atoms with Crippen LogP contribution in [0.1, 0.15) is 19.8 Å². The lowest BCUT2D eigenvalue weighted by Crippen LogP contribution is -2.49. The van der Waals surface area contributed by atoms with Crippen LogP contribution in [-0.2, 0) is 14.8 Å². The molecule has 0 amide bonds. The highest BCUT2D eigenvalue weighted by Crippen LogP contribution is 2.37. The highest BCUT2D eigenvalue weighted by Gasteiger charge is 2.47. The Bertz CT molecular complexity index is 1070. The van der Waals surface area contributed by atoms with Crippen molar-refractivity contribution in [3.63, 3.8) is 0 Å². The Balaban J connectivity index is 1.63. The molecule has 2 aromatic rings. The van der Waals surface area contributed by atoms with Crippen molar-refractivity contribution >= 4 is 21.4 Å². The average molecular weight is 448 g/mol. The SMILES string of the molecule is CCOCCCNc1c(N2CC3CC2CN3S(C)(=O)=O)cnn(-c2ccccc2)c1=O. The largest absolute Gasteiger partial charge is 0.382 e. The van der Waals surface area contributed by atoms with Crippen LogP contribution in [0.3, 0.4) is 0 Å². The van der Waals surface area contributed by atoms with Gasteiger partial charge in [-0.1, -0.05) is 18.2 Å². The van der Waals surface area contributed by atoms with Gasteiger partial charge in [-0.15, -0.1) is 0 Å². The summed E-state index contributed by atoms with van der Waals surface area (Å²) in [6.07, 6.45) is 4.50. The lowest BCUT2D eigenvalue weighted by Gasteiger charge is -2.35. The number of benzene rings is 1. The van der Waals surface area contributed by atoms with Gasteiger partial charge in [-0.3, -0.25) is 4.79 Å². The van der Waals surface area contributed by atoms with Crippen LogP contribution >= 0.6 is 0 Å². The van der Waals surface area contributed by atoms with Crippen molar-refractivity contribution in [3.8, 4) is 5.69 Å². The smallest absolute Gasteiger partial charge is 0.296 e. The fourth-order valence-corrected chi connectivity index (χ4v) is 5.58. The van der Waals surface area contributed by atoms with Gasteiger partial charge in [-0.05, 0) is 31.9 Å². The Morgan fingerprint density at radius 2 is 1.97 bits per heavy atom.